The molecule has 140 valence electrons. The number of carbonyl (C=O) groups is 2. The first-order valence-corrected chi connectivity index (χ1v) is 9.69. The van der Waals surface area contributed by atoms with Crippen LogP contribution in [0.3, 0.4) is 0 Å². The van der Waals surface area contributed by atoms with Crippen LogP contribution in [0.25, 0.3) is 6.08 Å². The number of carbonyl (C=O) groups excluding carboxylic acids is 2. The zero-order valence-electron chi connectivity index (χ0n) is 16.0. The third kappa shape index (κ3) is 4.42. The van der Waals surface area contributed by atoms with Gasteiger partial charge in [-0.15, -0.1) is 0 Å². The maximum Gasteiger partial charge on any atom is 0.293 e. The van der Waals surface area contributed by atoms with Crippen LogP contribution in [0, 0.1) is 27.7 Å². The van der Waals surface area contributed by atoms with Crippen LogP contribution >= 0.6 is 11.8 Å². The summed E-state index contributed by atoms with van der Waals surface area (Å²) in [5.74, 6) is 0.487. The molecule has 3 rings (SSSR count). The molecule has 1 heterocycles. The highest BCUT2D eigenvalue weighted by molar-refractivity contribution is 8.18. The number of benzene rings is 2. The fourth-order valence-electron chi connectivity index (χ4n) is 3.20. The minimum absolute atomic E-state index is 0.238. The molecule has 0 radical (unpaired) electrons. The van der Waals surface area contributed by atoms with Crippen molar-refractivity contribution >= 4 is 29.0 Å². The summed E-state index contributed by atoms with van der Waals surface area (Å²) in [5.41, 5.74) is 5.49. The van der Waals surface area contributed by atoms with E-state index in [-0.39, 0.29) is 24.3 Å². The topological polar surface area (TPSA) is 46.6 Å². The normalized spacial score (nSPS) is 15.7. The van der Waals surface area contributed by atoms with Crippen LogP contribution in [0.15, 0.2) is 41.3 Å². The van der Waals surface area contributed by atoms with Crippen LogP contribution in [-0.4, -0.2) is 29.2 Å². The maximum absolute atomic E-state index is 12.7. The highest BCUT2D eigenvalue weighted by Crippen LogP contribution is 2.33. The molecular formula is C22H23NO3S. The van der Waals surface area contributed by atoms with Gasteiger partial charge in [-0.3, -0.25) is 14.5 Å². The van der Waals surface area contributed by atoms with E-state index in [1.165, 1.54) is 10.5 Å². The van der Waals surface area contributed by atoms with Gasteiger partial charge in [0.05, 0.1) is 11.4 Å². The number of hydrogen-bond donors (Lipinski definition) is 0. The minimum atomic E-state index is -0.253. The molecule has 2 aromatic carbocycles. The fraction of sp³-hybridized carbons (Fsp3) is 0.273. The Bertz CT molecular complexity index is 910. The van der Waals surface area contributed by atoms with E-state index in [2.05, 4.69) is 12.1 Å². The van der Waals surface area contributed by atoms with Crippen molar-refractivity contribution in [2.45, 2.75) is 27.7 Å². The van der Waals surface area contributed by atoms with Gasteiger partial charge in [0.2, 0.25) is 0 Å². The van der Waals surface area contributed by atoms with Crippen molar-refractivity contribution in [3.05, 3.63) is 69.1 Å². The number of amides is 2. The summed E-state index contributed by atoms with van der Waals surface area (Å²) in [6.45, 7) is 8.59. The smallest absolute Gasteiger partial charge is 0.293 e. The molecule has 5 heteroatoms. The highest BCUT2D eigenvalue weighted by atomic mass is 32.2. The van der Waals surface area contributed by atoms with Crippen molar-refractivity contribution in [2.75, 3.05) is 13.2 Å². The Hall–Kier alpha value is -2.53. The molecule has 0 unspecified atom stereocenters. The van der Waals surface area contributed by atoms with Crippen molar-refractivity contribution in [1.82, 2.24) is 4.90 Å². The average molecular weight is 381 g/mol. The monoisotopic (exact) mass is 381 g/mol. The summed E-state index contributed by atoms with van der Waals surface area (Å²) in [6.07, 6.45) is 1.83. The van der Waals surface area contributed by atoms with E-state index in [1.54, 1.807) is 0 Å². The van der Waals surface area contributed by atoms with Gasteiger partial charge in [0.15, 0.2) is 0 Å². The predicted molar refractivity (Wildman–Crippen MR) is 110 cm³/mol. The summed E-state index contributed by atoms with van der Waals surface area (Å²) in [7, 11) is 0. The Morgan fingerprint density at radius 1 is 1.00 bits per heavy atom. The van der Waals surface area contributed by atoms with Crippen molar-refractivity contribution in [1.29, 1.82) is 0 Å². The Kier molecular flexibility index (Phi) is 5.71. The first-order valence-electron chi connectivity index (χ1n) is 8.88. The average Bonchev–Trinajstić information content (AvgIpc) is 2.85. The van der Waals surface area contributed by atoms with Gasteiger partial charge < -0.3 is 4.74 Å². The second-order valence-electron chi connectivity index (χ2n) is 6.81. The van der Waals surface area contributed by atoms with Gasteiger partial charge in [-0.1, -0.05) is 29.8 Å². The SMILES string of the molecule is Cc1cccc(OCCN2C(=O)S/C(=C\c3c(C)cc(C)cc3C)C2=O)c1. The Labute approximate surface area is 164 Å². The molecule has 1 aliphatic heterocycles. The van der Waals surface area contributed by atoms with E-state index < -0.39 is 0 Å². The molecule has 0 saturated carbocycles. The zero-order chi connectivity index (χ0) is 19.6. The molecule has 0 aromatic heterocycles. The number of hydrogen-bond acceptors (Lipinski definition) is 4. The molecule has 1 saturated heterocycles. The van der Waals surface area contributed by atoms with Crippen LogP contribution in [0.5, 0.6) is 5.75 Å². The number of nitrogens with zero attached hydrogens (tertiary/aromatic N) is 1. The van der Waals surface area contributed by atoms with Gasteiger partial charge >= 0.3 is 0 Å². The lowest BCUT2D eigenvalue weighted by Gasteiger charge is -2.13. The first-order chi connectivity index (χ1) is 12.8. The molecule has 2 amide bonds. The number of aryl methyl sites for hydroxylation is 4. The molecule has 27 heavy (non-hydrogen) atoms. The van der Waals surface area contributed by atoms with E-state index in [0.717, 1.165) is 39.8 Å². The van der Waals surface area contributed by atoms with Crippen LogP contribution in [0.4, 0.5) is 4.79 Å². The number of ether oxygens (including phenoxy) is 1. The van der Waals surface area contributed by atoms with Crippen LogP contribution < -0.4 is 4.74 Å². The van der Waals surface area contributed by atoms with Crippen molar-refractivity contribution < 1.29 is 14.3 Å². The van der Waals surface area contributed by atoms with E-state index in [9.17, 15) is 9.59 Å². The second kappa shape index (κ2) is 8.01. The van der Waals surface area contributed by atoms with E-state index in [4.69, 9.17) is 4.74 Å². The summed E-state index contributed by atoms with van der Waals surface area (Å²) in [4.78, 5) is 26.7. The molecule has 0 spiro atoms. The standard InChI is InChI=1S/C22H23NO3S/c1-14-6-5-7-18(12-14)26-9-8-23-21(24)20(27-22(23)25)13-19-16(3)10-15(2)11-17(19)4/h5-7,10-13H,8-9H2,1-4H3/b20-13-. The van der Waals surface area contributed by atoms with Crippen LogP contribution in [0.1, 0.15) is 27.8 Å². The van der Waals surface area contributed by atoms with Crippen molar-refractivity contribution in [2.24, 2.45) is 0 Å². The summed E-state index contributed by atoms with van der Waals surface area (Å²) in [6, 6.07) is 11.9. The number of thioether (sulfide) groups is 1. The second-order valence-corrected chi connectivity index (χ2v) is 7.80. The molecule has 0 bridgehead atoms. The number of imide groups is 1. The van der Waals surface area contributed by atoms with Crippen molar-refractivity contribution in [3.63, 3.8) is 0 Å². The summed E-state index contributed by atoms with van der Waals surface area (Å²) in [5, 5.41) is -0.249. The van der Waals surface area contributed by atoms with Crippen molar-refractivity contribution in [3.8, 4) is 5.75 Å². The molecular weight excluding hydrogens is 358 g/mol. The lowest BCUT2D eigenvalue weighted by Crippen LogP contribution is -2.32. The third-order valence-electron chi connectivity index (χ3n) is 4.46. The predicted octanol–water partition coefficient (Wildman–Crippen LogP) is 5.04. The first kappa shape index (κ1) is 19.2. The lowest BCUT2D eigenvalue weighted by atomic mass is 9.99. The van der Waals surface area contributed by atoms with Gasteiger partial charge in [-0.05, 0) is 79.9 Å². The Balaban J connectivity index is 1.70. The van der Waals surface area contributed by atoms with Crippen LogP contribution in [-0.2, 0) is 4.79 Å². The van der Waals surface area contributed by atoms with Gasteiger partial charge in [-0.25, -0.2) is 0 Å². The molecule has 0 atom stereocenters. The van der Waals surface area contributed by atoms with E-state index in [0.29, 0.717) is 4.91 Å². The van der Waals surface area contributed by atoms with Gasteiger partial charge in [-0.2, -0.15) is 0 Å². The molecule has 1 aliphatic rings. The van der Waals surface area contributed by atoms with Gasteiger partial charge in [0.25, 0.3) is 11.1 Å². The summed E-state index contributed by atoms with van der Waals surface area (Å²) >= 11 is 0.990. The molecule has 0 N–H and O–H groups in total. The fourth-order valence-corrected chi connectivity index (χ4v) is 4.05. The van der Waals surface area contributed by atoms with E-state index in [1.807, 2.05) is 58.0 Å². The van der Waals surface area contributed by atoms with E-state index >= 15 is 0 Å². The third-order valence-corrected chi connectivity index (χ3v) is 5.37. The summed E-state index contributed by atoms with van der Waals surface area (Å²) < 4.78 is 5.68. The minimum Gasteiger partial charge on any atom is -0.492 e. The zero-order valence-corrected chi connectivity index (χ0v) is 16.9. The largest absolute Gasteiger partial charge is 0.492 e. The van der Waals surface area contributed by atoms with Gasteiger partial charge in [0, 0.05) is 0 Å². The van der Waals surface area contributed by atoms with Gasteiger partial charge in [0.1, 0.15) is 12.4 Å². The highest BCUT2D eigenvalue weighted by Gasteiger charge is 2.35. The molecule has 1 fully saturated rings. The molecule has 4 nitrogen and oxygen atoms in total. The molecule has 0 aliphatic carbocycles. The quantitative estimate of drug-likeness (QED) is 0.681. The molecule has 2 aromatic rings. The Morgan fingerprint density at radius 2 is 1.70 bits per heavy atom. The lowest BCUT2D eigenvalue weighted by molar-refractivity contribution is -0.123. The van der Waals surface area contributed by atoms with Crippen LogP contribution in [0.2, 0.25) is 0 Å². The number of rotatable bonds is 5. The maximum atomic E-state index is 12.7. The Morgan fingerprint density at radius 3 is 2.37 bits per heavy atom.